The van der Waals surface area contributed by atoms with Crippen LogP contribution in [0.25, 0.3) is 11.1 Å². The molecule has 0 aliphatic heterocycles. The minimum Gasteiger partial charge on any atom is -0.465 e. The van der Waals surface area contributed by atoms with Crippen LogP contribution in [-0.2, 0) is 34.0 Å². The van der Waals surface area contributed by atoms with E-state index in [1.54, 1.807) is 0 Å². The SMILES string of the molecule is O=C(OC(CCOC(=O)C1(c2ccc(-c3ccc(Cl)c(Cl)c3)c(F)c2)CC1)OC(=O)C(F)(F)F)C(F)(F)F. The zero-order chi connectivity index (χ0) is 28.5. The van der Waals surface area contributed by atoms with Gasteiger partial charge in [0.2, 0.25) is 0 Å². The van der Waals surface area contributed by atoms with E-state index < -0.39 is 60.8 Å². The Hall–Kier alpha value is -3.06. The lowest BCUT2D eigenvalue weighted by Crippen LogP contribution is -2.37. The van der Waals surface area contributed by atoms with Gasteiger partial charge in [0.15, 0.2) is 0 Å². The third-order valence-corrected chi connectivity index (χ3v) is 6.16. The number of alkyl halides is 6. The highest BCUT2D eigenvalue weighted by molar-refractivity contribution is 6.42. The molecule has 1 aliphatic rings. The van der Waals surface area contributed by atoms with E-state index in [-0.39, 0.29) is 34.0 Å². The number of hydrogen-bond donors (Lipinski definition) is 0. The Labute approximate surface area is 219 Å². The number of hydrogen-bond acceptors (Lipinski definition) is 6. The highest BCUT2D eigenvalue weighted by Crippen LogP contribution is 2.50. The van der Waals surface area contributed by atoms with Gasteiger partial charge in [0.05, 0.1) is 28.5 Å². The molecule has 1 fully saturated rings. The van der Waals surface area contributed by atoms with E-state index in [1.165, 1.54) is 30.3 Å². The molecule has 38 heavy (non-hydrogen) atoms. The maximum Gasteiger partial charge on any atom is 0.491 e. The Morgan fingerprint density at radius 1 is 0.868 bits per heavy atom. The van der Waals surface area contributed by atoms with Gasteiger partial charge in [-0.05, 0) is 42.2 Å². The molecule has 3 rings (SSSR count). The maximum absolute atomic E-state index is 14.9. The van der Waals surface area contributed by atoms with Gasteiger partial charge in [0.1, 0.15) is 5.82 Å². The molecule has 0 amide bonds. The first-order valence-corrected chi connectivity index (χ1v) is 11.3. The molecule has 0 N–H and O–H groups in total. The highest BCUT2D eigenvalue weighted by Gasteiger charge is 2.53. The molecule has 2 aromatic rings. The van der Waals surface area contributed by atoms with Crippen LogP contribution in [0.1, 0.15) is 24.8 Å². The summed E-state index contributed by atoms with van der Waals surface area (Å²) in [7, 11) is 0. The summed E-state index contributed by atoms with van der Waals surface area (Å²) in [6, 6.07) is 8.37. The first kappa shape index (κ1) is 29.5. The molecule has 206 valence electrons. The van der Waals surface area contributed by atoms with Gasteiger partial charge in [-0.1, -0.05) is 41.4 Å². The minimum absolute atomic E-state index is 0.150. The Balaban J connectivity index is 1.68. The Morgan fingerprint density at radius 2 is 1.45 bits per heavy atom. The van der Waals surface area contributed by atoms with Crippen LogP contribution in [0.4, 0.5) is 30.7 Å². The fourth-order valence-electron chi connectivity index (χ4n) is 3.35. The first-order valence-electron chi connectivity index (χ1n) is 10.5. The molecule has 1 aliphatic carbocycles. The van der Waals surface area contributed by atoms with Crippen LogP contribution in [-0.4, -0.2) is 43.2 Å². The van der Waals surface area contributed by atoms with E-state index in [0.717, 1.165) is 6.07 Å². The number of carbonyl (C=O) groups is 3. The Morgan fingerprint density at radius 3 is 1.92 bits per heavy atom. The second kappa shape index (κ2) is 11.0. The molecule has 0 heterocycles. The fraction of sp³-hybridized carbons (Fsp3) is 0.348. The monoisotopic (exact) mass is 590 g/mol. The van der Waals surface area contributed by atoms with Crippen molar-refractivity contribution >= 4 is 41.1 Å². The van der Waals surface area contributed by atoms with Gasteiger partial charge in [-0.25, -0.2) is 14.0 Å². The Bertz CT molecular complexity index is 1210. The third kappa shape index (κ3) is 6.87. The molecule has 0 bridgehead atoms. The molecule has 0 aromatic heterocycles. The van der Waals surface area contributed by atoms with Gasteiger partial charge >= 0.3 is 30.3 Å². The normalized spacial score (nSPS) is 14.7. The molecule has 1 saturated carbocycles. The van der Waals surface area contributed by atoms with Gasteiger partial charge in [0.25, 0.3) is 6.29 Å². The maximum atomic E-state index is 14.9. The quantitative estimate of drug-likeness (QED) is 0.204. The van der Waals surface area contributed by atoms with Crippen LogP contribution >= 0.6 is 23.2 Å². The second-order valence-electron chi connectivity index (χ2n) is 8.07. The van der Waals surface area contributed by atoms with Crippen LogP contribution in [0.5, 0.6) is 0 Å². The summed E-state index contributed by atoms with van der Waals surface area (Å²) in [4.78, 5) is 34.6. The van der Waals surface area contributed by atoms with Gasteiger partial charge in [0, 0.05) is 5.56 Å². The Kier molecular flexibility index (Phi) is 8.51. The first-order chi connectivity index (χ1) is 17.5. The van der Waals surface area contributed by atoms with Crippen LogP contribution < -0.4 is 0 Å². The van der Waals surface area contributed by atoms with Crippen LogP contribution in [0.3, 0.4) is 0 Å². The van der Waals surface area contributed by atoms with Crippen molar-refractivity contribution in [3.8, 4) is 11.1 Å². The van der Waals surface area contributed by atoms with Crippen molar-refractivity contribution in [1.29, 1.82) is 0 Å². The van der Waals surface area contributed by atoms with E-state index in [4.69, 9.17) is 27.9 Å². The summed E-state index contributed by atoms with van der Waals surface area (Å²) in [5.74, 6) is -7.50. The molecule has 15 heteroatoms. The number of rotatable bonds is 8. The molecule has 6 nitrogen and oxygen atoms in total. The molecule has 2 aromatic carbocycles. The van der Waals surface area contributed by atoms with Gasteiger partial charge < -0.3 is 14.2 Å². The van der Waals surface area contributed by atoms with Crippen molar-refractivity contribution in [2.45, 2.75) is 43.3 Å². The number of carbonyl (C=O) groups excluding carboxylic acids is 3. The molecule has 0 atom stereocenters. The summed E-state index contributed by atoms with van der Waals surface area (Å²) >= 11 is 11.8. The van der Waals surface area contributed by atoms with Crippen molar-refractivity contribution in [2.24, 2.45) is 0 Å². The van der Waals surface area contributed by atoms with Crippen molar-refractivity contribution in [3.63, 3.8) is 0 Å². The molecule has 0 spiro atoms. The van der Waals surface area contributed by atoms with Crippen molar-refractivity contribution in [2.75, 3.05) is 6.61 Å². The van der Waals surface area contributed by atoms with Crippen LogP contribution in [0, 0.1) is 5.82 Å². The fourth-order valence-corrected chi connectivity index (χ4v) is 3.64. The average molecular weight is 591 g/mol. The second-order valence-corrected chi connectivity index (χ2v) is 8.88. The third-order valence-electron chi connectivity index (χ3n) is 5.42. The summed E-state index contributed by atoms with van der Waals surface area (Å²) < 4.78 is 102. The number of halogens is 9. The van der Waals surface area contributed by atoms with E-state index in [1.807, 2.05) is 0 Å². The largest absolute Gasteiger partial charge is 0.491 e. The lowest BCUT2D eigenvalue weighted by atomic mass is 9.93. The zero-order valence-corrected chi connectivity index (χ0v) is 20.2. The van der Waals surface area contributed by atoms with E-state index in [9.17, 15) is 45.1 Å². The molecule has 0 radical (unpaired) electrons. The zero-order valence-electron chi connectivity index (χ0n) is 18.7. The van der Waals surface area contributed by atoms with E-state index in [2.05, 4.69) is 9.47 Å². The predicted octanol–water partition coefficient (Wildman–Crippen LogP) is 6.30. The summed E-state index contributed by atoms with van der Waals surface area (Å²) in [5.41, 5.74) is -0.536. The highest BCUT2D eigenvalue weighted by atomic mass is 35.5. The van der Waals surface area contributed by atoms with Crippen molar-refractivity contribution < 1.29 is 59.3 Å². The topological polar surface area (TPSA) is 78.9 Å². The van der Waals surface area contributed by atoms with Crippen molar-refractivity contribution in [3.05, 3.63) is 57.8 Å². The summed E-state index contributed by atoms with van der Waals surface area (Å²) in [5, 5.41) is 0.450. The van der Waals surface area contributed by atoms with E-state index in [0.29, 0.717) is 5.56 Å². The average Bonchev–Trinajstić information content (AvgIpc) is 3.61. The van der Waals surface area contributed by atoms with Gasteiger partial charge in [-0.15, -0.1) is 0 Å². The molecule has 0 saturated heterocycles. The minimum atomic E-state index is -5.59. The van der Waals surface area contributed by atoms with Gasteiger partial charge in [-0.3, -0.25) is 4.79 Å². The molecular formula is C23H15Cl2F7O6. The smallest absolute Gasteiger partial charge is 0.465 e. The molecular weight excluding hydrogens is 576 g/mol. The summed E-state index contributed by atoms with van der Waals surface area (Å²) in [6.45, 7) is -0.884. The van der Waals surface area contributed by atoms with Gasteiger partial charge in [-0.2, -0.15) is 26.3 Å². The standard InChI is InChI=1S/C23H15Cl2F7O6/c24-14-4-1-11(9-15(14)25)13-3-2-12(10-16(13)26)21(6-7-21)18(33)36-8-5-17(37-19(34)22(27,28)29)38-20(35)23(30,31)32/h1-4,9-10,17H,5-8H2. The predicted molar refractivity (Wildman–Crippen MR) is 116 cm³/mol. The van der Waals surface area contributed by atoms with Crippen LogP contribution in [0.15, 0.2) is 36.4 Å². The lowest BCUT2D eigenvalue weighted by molar-refractivity contribution is -0.242. The van der Waals surface area contributed by atoms with E-state index >= 15 is 0 Å². The number of ether oxygens (including phenoxy) is 3. The number of esters is 3. The van der Waals surface area contributed by atoms with Crippen molar-refractivity contribution in [1.82, 2.24) is 0 Å². The summed E-state index contributed by atoms with van der Waals surface area (Å²) in [6.07, 6.45) is -14.4. The molecule has 0 unspecified atom stereocenters. The lowest BCUT2D eigenvalue weighted by Gasteiger charge is -2.20. The number of benzene rings is 2. The van der Waals surface area contributed by atoms with Crippen LogP contribution in [0.2, 0.25) is 10.0 Å².